The van der Waals surface area contributed by atoms with E-state index in [4.69, 9.17) is 4.74 Å². The number of hydrogen-bond acceptors (Lipinski definition) is 3. The van der Waals surface area contributed by atoms with Crippen LogP contribution in [-0.4, -0.2) is 38.2 Å². The molecule has 1 aromatic carbocycles. The number of para-hydroxylation sites is 1. The molecule has 0 aliphatic heterocycles. The molecule has 0 bridgehead atoms. The molecule has 1 aromatic rings. The standard InChI is InChI=1S/C11H16N2O2.ClH/c1-13(2)8-9-15-11(14)12-10-6-4-3-5-7-10;/h3-7H,8-9H2,1-2H3,(H,12,14);1H. The SMILES string of the molecule is CN(C)CCOC(=O)Nc1ccccc1.Cl. The van der Waals surface area contributed by atoms with E-state index in [1.807, 2.05) is 49.3 Å². The Bertz CT molecular complexity index is 304. The normalized spacial score (nSPS) is 9.44. The number of hydrogen-bond donors (Lipinski definition) is 1. The molecule has 0 radical (unpaired) electrons. The fourth-order valence-electron chi connectivity index (χ4n) is 0.996. The van der Waals surface area contributed by atoms with E-state index in [2.05, 4.69) is 5.32 Å². The van der Waals surface area contributed by atoms with Crippen LogP contribution in [0.25, 0.3) is 0 Å². The maximum atomic E-state index is 11.2. The average molecular weight is 245 g/mol. The zero-order chi connectivity index (χ0) is 11.1. The van der Waals surface area contributed by atoms with Crippen molar-refractivity contribution in [3.63, 3.8) is 0 Å². The van der Waals surface area contributed by atoms with Crippen LogP contribution >= 0.6 is 12.4 Å². The van der Waals surface area contributed by atoms with Crippen molar-refractivity contribution in [2.24, 2.45) is 0 Å². The molecule has 0 fully saturated rings. The first kappa shape index (κ1) is 14.7. The first-order valence-corrected chi connectivity index (χ1v) is 4.82. The van der Waals surface area contributed by atoms with Crippen LogP contribution in [0.4, 0.5) is 10.5 Å². The van der Waals surface area contributed by atoms with Crippen molar-refractivity contribution in [3.8, 4) is 0 Å². The summed E-state index contributed by atoms with van der Waals surface area (Å²) in [5, 5.41) is 2.64. The number of ether oxygens (including phenoxy) is 1. The number of rotatable bonds is 4. The van der Waals surface area contributed by atoms with Gasteiger partial charge in [-0.3, -0.25) is 5.32 Å². The van der Waals surface area contributed by atoms with E-state index >= 15 is 0 Å². The Morgan fingerprint density at radius 3 is 2.50 bits per heavy atom. The van der Waals surface area contributed by atoms with Gasteiger partial charge in [0.25, 0.3) is 0 Å². The third-order valence-corrected chi connectivity index (χ3v) is 1.79. The molecule has 0 aromatic heterocycles. The molecule has 0 unspecified atom stereocenters. The van der Waals surface area contributed by atoms with Gasteiger partial charge in [-0.25, -0.2) is 4.79 Å². The second kappa shape index (κ2) is 7.96. The van der Waals surface area contributed by atoms with Crippen LogP contribution in [0.2, 0.25) is 0 Å². The summed E-state index contributed by atoms with van der Waals surface area (Å²) in [6.07, 6.45) is -0.414. The molecule has 0 spiro atoms. The number of carbonyl (C=O) groups is 1. The minimum absolute atomic E-state index is 0. The Hall–Kier alpha value is -1.26. The van der Waals surface area contributed by atoms with Gasteiger partial charge in [-0.2, -0.15) is 0 Å². The van der Waals surface area contributed by atoms with E-state index in [9.17, 15) is 4.79 Å². The second-order valence-electron chi connectivity index (χ2n) is 3.43. The van der Waals surface area contributed by atoms with Gasteiger partial charge in [-0.1, -0.05) is 18.2 Å². The fraction of sp³-hybridized carbons (Fsp3) is 0.364. The largest absolute Gasteiger partial charge is 0.448 e. The van der Waals surface area contributed by atoms with Crippen LogP contribution in [-0.2, 0) is 4.74 Å². The predicted octanol–water partition coefficient (Wildman–Crippen LogP) is 2.22. The van der Waals surface area contributed by atoms with Crippen molar-refractivity contribution in [1.29, 1.82) is 0 Å². The number of benzene rings is 1. The summed E-state index contributed by atoms with van der Waals surface area (Å²) in [5.41, 5.74) is 0.743. The maximum absolute atomic E-state index is 11.2. The van der Waals surface area contributed by atoms with Crippen LogP contribution < -0.4 is 5.32 Å². The summed E-state index contributed by atoms with van der Waals surface area (Å²) in [6.45, 7) is 1.12. The second-order valence-corrected chi connectivity index (χ2v) is 3.43. The van der Waals surface area contributed by atoms with E-state index in [-0.39, 0.29) is 12.4 Å². The van der Waals surface area contributed by atoms with Crippen LogP contribution in [0.15, 0.2) is 30.3 Å². The molecule has 5 heteroatoms. The van der Waals surface area contributed by atoms with Gasteiger partial charge in [0, 0.05) is 12.2 Å². The molecule has 16 heavy (non-hydrogen) atoms. The van der Waals surface area contributed by atoms with E-state index in [0.717, 1.165) is 12.2 Å². The summed E-state index contributed by atoms with van der Waals surface area (Å²) in [5.74, 6) is 0. The summed E-state index contributed by atoms with van der Waals surface area (Å²) in [6, 6.07) is 9.23. The lowest BCUT2D eigenvalue weighted by Gasteiger charge is -2.10. The Morgan fingerprint density at radius 2 is 1.94 bits per heavy atom. The quantitative estimate of drug-likeness (QED) is 0.883. The van der Waals surface area contributed by atoms with E-state index in [1.165, 1.54) is 0 Å². The zero-order valence-electron chi connectivity index (χ0n) is 9.47. The highest BCUT2D eigenvalue weighted by Crippen LogP contribution is 2.04. The molecule has 0 atom stereocenters. The lowest BCUT2D eigenvalue weighted by molar-refractivity contribution is 0.151. The van der Waals surface area contributed by atoms with Crippen LogP contribution in [0, 0.1) is 0 Å². The number of anilines is 1. The Morgan fingerprint density at radius 1 is 1.31 bits per heavy atom. The molecular formula is C11H17ClN2O2. The highest BCUT2D eigenvalue weighted by atomic mass is 35.5. The first-order valence-electron chi connectivity index (χ1n) is 4.82. The summed E-state index contributed by atoms with van der Waals surface area (Å²) < 4.78 is 4.97. The lowest BCUT2D eigenvalue weighted by atomic mass is 10.3. The minimum atomic E-state index is -0.414. The average Bonchev–Trinajstić information content (AvgIpc) is 2.18. The van der Waals surface area contributed by atoms with Crippen molar-refractivity contribution >= 4 is 24.2 Å². The van der Waals surface area contributed by atoms with Crippen LogP contribution in [0.1, 0.15) is 0 Å². The molecule has 0 saturated heterocycles. The molecule has 0 saturated carbocycles. The fourth-order valence-corrected chi connectivity index (χ4v) is 0.996. The molecule has 0 aliphatic rings. The van der Waals surface area contributed by atoms with Gasteiger partial charge in [-0.05, 0) is 26.2 Å². The number of halogens is 1. The van der Waals surface area contributed by atoms with Crippen molar-refractivity contribution in [1.82, 2.24) is 4.90 Å². The molecule has 0 aliphatic carbocycles. The number of amides is 1. The summed E-state index contributed by atoms with van der Waals surface area (Å²) in [4.78, 5) is 13.2. The monoisotopic (exact) mass is 244 g/mol. The zero-order valence-corrected chi connectivity index (χ0v) is 10.3. The van der Waals surface area contributed by atoms with Gasteiger partial charge >= 0.3 is 6.09 Å². The minimum Gasteiger partial charge on any atom is -0.448 e. The Balaban J connectivity index is 0.00000225. The van der Waals surface area contributed by atoms with Gasteiger partial charge in [-0.15, -0.1) is 12.4 Å². The van der Waals surface area contributed by atoms with Gasteiger partial charge in [0.2, 0.25) is 0 Å². The molecule has 90 valence electrons. The number of carbonyl (C=O) groups excluding carboxylic acids is 1. The molecule has 4 nitrogen and oxygen atoms in total. The summed E-state index contributed by atoms with van der Waals surface area (Å²) >= 11 is 0. The van der Waals surface area contributed by atoms with Gasteiger partial charge in [0.05, 0.1) is 0 Å². The van der Waals surface area contributed by atoms with Crippen molar-refractivity contribution in [2.45, 2.75) is 0 Å². The number of likely N-dealkylation sites (N-methyl/N-ethyl adjacent to an activating group) is 1. The molecule has 1 amide bonds. The Labute approximate surface area is 102 Å². The third-order valence-electron chi connectivity index (χ3n) is 1.79. The first-order chi connectivity index (χ1) is 7.18. The third kappa shape index (κ3) is 6.27. The maximum Gasteiger partial charge on any atom is 0.411 e. The molecular weight excluding hydrogens is 228 g/mol. The van der Waals surface area contributed by atoms with Crippen molar-refractivity contribution < 1.29 is 9.53 Å². The van der Waals surface area contributed by atoms with E-state index in [0.29, 0.717) is 6.61 Å². The smallest absolute Gasteiger partial charge is 0.411 e. The van der Waals surface area contributed by atoms with E-state index < -0.39 is 6.09 Å². The number of nitrogens with one attached hydrogen (secondary N) is 1. The number of nitrogens with zero attached hydrogens (tertiary/aromatic N) is 1. The predicted molar refractivity (Wildman–Crippen MR) is 67.2 cm³/mol. The van der Waals surface area contributed by atoms with Gasteiger partial charge in [0.15, 0.2) is 0 Å². The van der Waals surface area contributed by atoms with E-state index in [1.54, 1.807) is 0 Å². The highest BCUT2D eigenvalue weighted by Gasteiger charge is 2.01. The molecule has 1 N–H and O–H groups in total. The van der Waals surface area contributed by atoms with Crippen LogP contribution in [0.5, 0.6) is 0 Å². The molecule has 1 rings (SSSR count). The van der Waals surface area contributed by atoms with Crippen LogP contribution in [0.3, 0.4) is 0 Å². The van der Waals surface area contributed by atoms with Crippen molar-refractivity contribution in [3.05, 3.63) is 30.3 Å². The lowest BCUT2D eigenvalue weighted by Crippen LogP contribution is -2.22. The van der Waals surface area contributed by atoms with Gasteiger partial charge < -0.3 is 9.64 Å². The molecule has 0 heterocycles. The highest BCUT2D eigenvalue weighted by molar-refractivity contribution is 5.85. The van der Waals surface area contributed by atoms with Gasteiger partial charge in [0.1, 0.15) is 6.61 Å². The topological polar surface area (TPSA) is 41.6 Å². The van der Waals surface area contributed by atoms with Crippen molar-refractivity contribution in [2.75, 3.05) is 32.6 Å². The summed E-state index contributed by atoms with van der Waals surface area (Å²) in [7, 11) is 3.86. The Kier molecular flexibility index (Phi) is 7.33.